The fraction of sp³-hybridized carbons (Fsp3) is 0.562. The van der Waals surface area contributed by atoms with Crippen molar-refractivity contribution in [3.63, 3.8) is 0 Å². The molecule has 0 aromatic heterocycles. The molecule has 2 atom stereocenters. The molecule has 1 aromatic carbocycles. The minimum absolute atomic E-state index is 0.0321. The monoisotopic (exact) mass is 415 g/mol. The third-order valence-electron chi connectivity index (χ3n) is 4.66. The smallest absolute Gasteiger partial charge is 0.239 e. The van der Waals surface area contributed by atoms with Gasteiger partial charge in [0, 0.05) is 29.8 Å². The predicted molar refractivity (Wildman–Crippen MR) is 97.4 cm³/mol. The van der Waals surface area contributed by atoms with E-state index in [1.54, 1.807) is 12.1 Å². The number of nitrogens with one attached hydrogen (secondary N) is 2. The van der Waals surface area contributed by atoms with Gasteiger partial charge < -0.3 is 10.2 Å². The highest BCUT2D eigenvalue weighted by atomic mass is 79.9. The van der Waals surface area contributed by atoms with E-state index in [1.165, 1.54) is 0 Å². The van der Waals surface area contributed by atoms with Gasteiger partial charge >= 0.3 is 0 Å². The Morgan fingerprint density at radius 2 is 2.04 bits per heavy atom. The highest BCUT2D eigenvalue weighted by Gasteiger charge is 2.39. The van der Waals surface area contributed by atoms with Gasteiger partial charge in [0.05, 0.1) is 11.3 Å². The number of carbonyl (C=O) groups excluding carboxylic acids is 1. The first kappa shape index (κ1) is 17.7. The number of aryl methyl sites for hydroxylation is 1. The van der Waals surface area contributed by atoms with E-state index in [4.69, 9.17) is 0 Å². The van der Waals surface area contributed by atoms with E-state index in [2.05, 4.69) is 26.0 Å². The summed E-state index contributed by atoms with van der Waals surface area (Å²) in [6.45, 7) is 3.77. The summed E-state index contributed by atoms with van der Waals surface area (Å²) in [5.74, 6) is 0.0321. The number of nitrogens with zero attached hydrogens (tertiary/aromatic N) is 1. The number of rotatable bonds is 4. The van der Waals surface area contributed by atoms with Crippen molar-refractivity contribution in [2.75, 3.05) is 24.4 Å². The lowest BCUT2D eigenvalue weighted by Gasteiger charge is -2.20. The Balaban J connectivity index is 1.65. The molecule has 2 saturated heterocycles. The largest absolute Gasteiger partial charge is 0.341 e. The van der Waals surface area contributed by atoms with E-state index in [0.717, 1.165) is 36.0 Å². The second kappa shape index (κ2) is 7.01. The lowest BCUT2D eigenvalue weighted by Crippen LogP contribution is -2.42. The Morgan fingerprint density at radius 1 is 1.33 bits per heavy atom. The van der Waals surface area contributed by atoms with Crippen molar-refractivity contribution < 1.29 is 13.2 Å². The van der Waals surface area contributed by atoms with Gasteiger partial charge in [0.15, 0.2) is 0 Å². The first-order valence-corrected chi connectivity index (χ1v) is 10.5. The van der Waals surface area contributed by atoms with E-state index in [9.17, 15) is 13.2 Å². The maximum absolute atomic E-state index is 12.6. The average Bonchev–Trinajstić information content (AvgIpc) is 3.21. The third kappa shape index (κ3) is 3.75. The Hall–Kier alpha value is -1.12. The van der Waals surface area contributed by atoms with Gasteiger partial charge in [-0.3, -0.25) is 9.52 Å². The van der Waals surface area contributed by atoms with Gasteiger partial charge in [0.25, 0.3) is 0 Å². The predicted octanol–water partition coefficient (Wildman–Crippen LogP) is 1.85. The van der Waals surface area contributed by atoms with Gasteiger partial charge in [0.2, 0.25) is 15.9 Å². The molecule has 132 valence electrons. The van der Waals surface area contributed by atoms with Gasteiger partial charge in [0.1, 0.15) is 0 Å². The molecule has 8 heteroatoms. The van der Waals surface area contributed by atoms with Crippen molar-refractivity contribution in [3.05, 3.63) is 28.2 Å². The molecule has 1 amide bonds. The highest BCUT2D eigenvalue weighted by Crippen LogP contribution is 2.24. The summed E-state index contributed by atoms with van der Waals surface area (Å²) in [5, 5.41) is 2.48. The van der Waals surface area contributed by atoms with Crippen LogP contribution in [0.2, 0.25) is 0 Å². The number of hydrogen-bond acceptors (Lipinski definition) is 4. The Kier molecular flexibility index (Phi) is 5.17. The zero-order valence-electron chi connectivity index (χ0n) is 13.6. The molecule has 2 unspecified atom stereocenters. The van der Waals surface area contributed by atoms with Crippen LogP contribution in [0.25, 0.3) is 0 Å². The number of likely N-dealkylation sites (tertiary alicyclic amines) is 1. The van der Waals surface area contributed by atoms with Crippen LogP contribution in [-0.2, 0) is 14.8 Å². The van der Waals surface area contributed by atoms with Crippen LogP contribution in [0.5, 0.6) is 0 Å². The molecule has 2 aliphatic rings. The number of benzene rings is 1. The summed E-state index contributed by atoms with van der Waals surface area (Å²) in [7, 11) is -3.53. The Labute approximate surface area is 151 Å². The first-order valence-electron chi connectivity index (χ1n) is 8.17. The zero-order chi connectivity index (χ0) is 17.3. The molecule has 2 N–H and O–H groups in total. The van der Waals surface area contributed by atoms with Crippen LogP contribution >= 0.6 is 15.9 Å². The topological polar surface area (TPSA) is 78.5 Å². The molecule has 0 radical (unpaired) electrons. The van der Waals surface area contributed by atoms with Crippen LogP contribution < -0.4 is 10.0 Å². The fourth-order valence-corrected chi connectivity index (χ4v) is 4.87. The van der Waals surface area contributed by atoms with Gasteiger partial charge in [-0.25, -0.2) is 8.42 Å². The normalized spacial score (nSPS) is 24.3. The van der Waals surface area contributed by atoms with Gasteiger partial charge in [-0.05, 0) is 49.9 Å². The molecular weight excluding hydrogens is 394 g/mol. The van der Waals surface area contributed by atoms with Gasteiger partial charge in [-0.2, -0.15) is 0 Å². The Bertz CT molecular complexity index is 732. The average molecular weight is 416 g/mol. The third-order valence-corrected chi connectivity index (χ3v) is 7.31. The molecule has 1 aromatic rings. The number of halogens is 1. The summed E-state index contributed by atoms with van der Waals surface area (Å²) < 4.78 is 28.8. The SMILES string of the molecule is Cc1cc(NS(=O)(=O)C2CNC(C(=O)N3CCCC3)C2)ccc1Br. The van der Waals surface area contributed by atoms with Crippen LogP contribution in [0, 0.1) is 6.92 Å². The molecule has 24 heavy (non-hydrogen) atoms. The minimum atomic E-state index is -3.53. The Morgan fingerprint density at radius 3 is 2.71 bits per heavy atom. The fourth-order valence-electron chi connectivity index (χ4n) is 3.24. The summed E-state index contributed by atoms with van der Waals surface area (Å²) in [4.78, 5) is 14.2. The quantitative estimate of drug-likeness (QED) is 0.786. The van der Waals surface area contributed by atoms with E-state index in [0.29, 0.717) is 18.7 Å². The highest BCUT2D eigenvalue weighted by molar-refractivity contribution is 9.10. The molecule has 2 aliphatic heterocycles. The van der Waals surface area contributed by atoms with Crippen LogP contribution in [0.4, 0.5) is 5.69 Å². The molecule has 2 fully saturated rings. The lowest BCUT2D eigenvalue weighted by atomic mass is 10.2. The van der Waals surface area contributed by atoms with Gasteiger partial charge in [-0.15, -0.1) is 0 Å². The van der Waals surface area contributed by atoms with Crippen molar-refractivity contribution in [1.29, 1.82) is 0 Å². The summed E-state index contributed by atoms with van der Waals surface area (Å²) >= 11 is 3.40. The first-order chi connectivity index (χ1) is 11.4. The minimum Gasteiger partial charge on any atom is -0.341 e. The number of sulfonamides is 1. The molecule has 6 nitrogen and oxygen atoms in total. The molecule has 0 aliphatic carbocycles. The number of carbonyl (C=O) groups is 1. The van der Waals surface area contributed by atoms with Crippen molar-refractivity contribution >= 4 is 37.5 Å². The van der Waals surface area contributed by atoms with E-state index in [1.807, 2.05) is 17.9 Å². The maximum atomic E-state index is 12.6. The lowest BCUT2D eigenvalue weighted by molar-refractivity contribution is -0.131. The van der Waals surface area contributed by atoms with Crippen LogP contribution in [0.3, 0.4) is 0 Å². The zero-order valence-corrected chi connectivity index (χ0v) is 16.0. The molecule has 2 heterocycles. The van der Waals surface area contributed by atoms with Crippen molar-refractivity contribution in [2.24, 2.45) is 0 Å². The van der Waals surface area contributed by atoms with Gasteiger partial charge in [-0.1, -0.05) is 15.9 Å². The molecule has 3 rings (SSSR count). The van der Waals surface area contributed by atoms with Crippen molar-refractivity contribution in [1.82, 2.24) is 10.2 Å². The van der Waals surface area contributed by atoms with E-state index in [-0.39, 0.29) is 5.91 Å². The van der Waals surface area contributed by atoms with Crippen molar-refractivity contribution in [3.8, 4) is 0 Å². The van der Waals surface area contributed by atoms with Crippen molar-refractivity contribution in [2.45, 2.75) is 37.5 Å². The summed E-state index contributed by atoms with van der Waals surface area (Å²) in [6.07, 6.45) is 2.38. The maximum Gasteiger partial charge on any atom is 0.239 e. The van der Waals surface area contributed by atoms with Crippen LogP contribution in [-0.4, -0.2) is 50.2 Å². The standard InChI is InChI=1S/C16H22BrN3O3S/c1-11-8-12(4-5-14(11)17)19-24(22,23)13-9-15(18-10-13)16(21)20-6-2-3-7-20/h4-5,8,13,15,18-19H,2-3,6-7,9-10H2,1H3. The molecular formula is C16H22BrN3O3S. The van der Waals surface area contributed by atoms with Crippen LogP contribution in [0.1, 0.15) is 24.8 Å². The second-order valence-corrected chi connectivity index (χ2v) is 9.28. The summed E-state index contributed by atoms with van der Waals surface area (Å²) in [5.41, 5.74) is 1.51. The van der Waals surface area contributed by atoms with E-state index >= 15 is 0 Å². The number of hydrogen-bond donors (Lipinski definition) is 2. The number of anilines is 1. The second-order valence-electron chi connectivity index (χ2n) is 6.46. The van der Waals surface area contributed by atoms with E-state index < -0.39 is 21.3 Å². The summed E-state index contributed by atoms with van der Waals surface area (Å²) in [6, 6.07) is 4.94. The van der Waals surface area contributed by atoms with Crippen LogP contribution in [0.15, 0.2) is 22.7 Å². The molecule has 0 bridgehead atoms. The number of amides is 1. The molecule has 0 saturated carbocycles. The molecule has 0 spiro atoms.